The van der Waals surface area contributed by atoms with E-state index in [9.17, 15) is 5.11 Å². The van der Waals surface area contributed by atoms with E-state index in [4.69, 9.17) is 4.74 Å². The lowest BCUT2D eigenvalue weighted by Gasteiger charge is -2.09. The average Bonchev–Trinajstić information content (AvgIpc) is 2.35. The van der Waals surface area contributed by atoms with E-state index in [0.29, 0.717) is 11.1 Å². The number of halogens is 1. The third-order valence-corrected chi connectivity index (χ3v) is 2.93. The minimum Gasteiger partial charge on any atom is -0.489 e. The van der Waals surface area contributed by atoms with Crippen LogP contribution in [-0.2, 0) is 0 Å². The summed E-state index contributed by atoms with van der Waals surface area (Å²) >= 11 is 3.18. The Morgan fingerprint density at radius 3 is 3.00 bits per heavy atom. The first-order valence-corrected chi connectivity index (χ1v) is 6.13. The van der Waals surface area contributed by atoms with Gasteiger partial charge < -0.3 is 9.84 Å². The zero-order valence-electron chi connectivity index (χ0n) is 8.64. The third kappa shape index (κ3) is 2.71. The normalized spacial score (nSPS) is 12.6. The summed E-state index contributed by atoms with van der Waals surface area (Å²) in [5.41, 5.74) is 0.941. The van der Waals surface area contributed by atoms with Crippen molar-refractivity contribution < 1.29 is 9.84 Å². The number of ether oxygens (including phenoxy) is 1. The van der Waals surface area contributed by atoms with E-state index in [-0.39, 0.29) is 6.61 Å². The van der Waals surface area contributed by atoms with Gasteiger partial charge in [-0.3, -0.25) is 4.98 Å². The van der Waals surface area contributed by atoms with Crippen LogP contribution in [0.3, 0.4) is 0 Å². The van der Waals surface area contributed by atoms with Crippen molar-refractivity contribution in [1.29, 1.82) is 0 Å². The van der Waals surface area contributed by atoms with Crippen molar-refractivity contribution in [2.24, 2.45) is 0 Å². The van der Waals surface area contributed by atoms with Crippen molar-refractivity contribution in [3.8, 4) is 5.75 Å². The number of aliphatic hydroxyl groups excluding tert-OH is 1. The van der Waals surface area contributed by atoms with Crippen LogP contribution in [0.4, 0.5) is 0 Å². The highest BCUT2D eigenvalue weighted by atomic mass is 79.9. The molecule has 0 radical (unpaired) electrons. The van der Waals surface area contributed by atoms with Crippen LogP contribution in [-0.4, -0.2) is 28.1 Å². The summed E-state index contributed by atoms with van der Waals surface area (Å²) in [5, 5.41) is 10.9. The Labute approximate surface area is 102 Å². The Balaban J connectivity index is 2.13. The second-order valence-electron chi connectivity index (χ2n) is 3.48. The van der Waals surface area contributed by atoms with Crippen LogP contribution < -0.4 is 4.74 Å². The van der Waals surface area contributed by atoms with Gasteiger partial charge >= 0.3 is 0 Å². The molecule has 0 fully saturated rings. The summed E-state index contributed by atoms with van der Waals surface area (Å²) in [6, 6.07) is 9.76. The van der Waals surface area contributed by atoms with E-state index in [1.54, 1.807) is 6.20 Å². The van der Waals surface area contributed by atoms with Crippen molar-refractivity contribution >= 4 is 26.8 Å². The molecule has 1 atom stereocenters. The lowest BCUT2D eigenvalue weighted by atomic mass is 10.2. The fraction of sp³-hybridized carbons (Fsp3) is 0.250. The lowest BCUT2D eigenvalue weighted by molar-refractivity contribution is 0.127. The van der Waals surface area contributed by atoms with Gasteiger partial charge in [-0.15, -0.1) is 0 Å². The van der Waals surface area contributed by atoms with Crippen LogP contribution in [0, 0.1) is 0 Å². The molecule has 1 N–H and O–H groups in total. The summed E-state index contributed by atoms with van der Waals surface area (Å²) in [4.78, 5) is 4.27. The number of fused-ring (bicyclic) bond motifs is 1. The largest absolute Gasteiger partial charge is 0.489 e. The van der Waals surface area contributed by atoms with Gasteiger partial charge in [0.05, 0.1) is 17.8 Å². The van der Waals surface area contributed by atoms with Gasteiger partial charge in [0.15, 0.2) is 0 Å². The lowest BCUT2D eigenvalue weighted by Crippen LogP contribution is -2.18. The molecular weight excluding hydrogens is 270 g/mol. The Bertz CT molecular complexity index is 475. The maximum absolute atomic E-state index is 9.34. The maximum Gasteiger partial charge on any atom is 0.138 e. The quantitative estimate of drug-likeness (QED) is 0.875. The van der Waals surface area contributed by atoms with Crippen LogP contribution >= 0.6 is 15.9 Å². The van der Waals surface area contributed by atoms with E-state index >= 15 is 0 Å². The van der Waals surface area contributed by atoms with Crippen LogP contribution in [0.15, 0.2) is 36.5 Å². The Kier molecular flexibility index (Phi) is 3.74. The number of hydrogen-bond acceptors (Lipinski definition) is 3. The van der Waals surface area contributed by atoms with Crippen molar-refractivity contribution in [2.45, 2.75) is 6.10 Å². The SMILES string of the molecule is OC(CBr)COc1cnc2ccccc2c1. The molecule has 1 unspecified atom stereocenters. The standard InChI is InChI=1S/C12H12BrNO2/c13-6-10(15)8-16-11-5-9-3-1-2-4-12(9)14-7-11/h1-5,7,10,15H,6,8H2. The van der Waals surface area contributed by atoms with Crippen molar-refractivity contribution in [2.75, 3.05) is 11.9 Å². The number of benzene rings is 1. The number of aromatic nitrogens is 1. The van der Waals surface area contributed by atoms with Gasteiger partial charge in [0.25, 0.3) is 0 Å². The monoisotopic (exact) mass is 281 g/mol. The zero-order chi connectivity index (χ0) is 11.4. The molecule has 0 bridgehead atoms. The highest BCUT2D eigenvalue weighted by Crippen LogP contribution is 2.17. The predicted octanol–water partition coefficient (Wildman–Crippen LogP) is 2.37. The maximum atomic E-state index is 9.34. The number of hydrogen-bond donors (Lipinski definition) is 1. The second kappa shape index (κ2) is 5.27. The van der Waals surface area contributed by atoms with E-state index < -0.39 is 6.10 Å². The van der Waals surface area contributed by atoms with Gasteiger partial charge in [-0.25, -0.2) is 0 Å². The van der Waals surface area contributed by atoms with E-state index in [1.807, 2.05) is 30.3 Å². The molecule has 0 saturated carbocycles. The Hall–Kier alpha value is -1.13. The molecule has 0 spiro atoms. The third-order valence-electron chi connectivity index (χ3n) is 2.19. The van der Waals surface area contributed by atoms with Crippen molar-refractivity contribution in [3.63, 3.8) is 0 Å². The highest BCUT2D eigenvalue weighted by Gasteiger charge is 2.03. The topological polar surface area (TPSA) is 42.4 Å². The number of pyridine rings is 1. The predicted molar refractivity (Wildman–Crippen MR) is 67.0 cm³/mol. The van der Waals surface area contributed by atoms with Crippen LogP contribution in [0.1, 0.15) is 0 Å². The minimum atomic E-state index is -0.494. The fourth-order valence-electron chi connectivity index (χ4n) is 1.37. The molecule has 1 aromatic heterocycles. The first-order chi connectivity index (χ1) is 7.79. The second-order valence-corrected chi connectivity index (χ2v) is 4.13. The Morgan fingerprint density at radius 1 is 1.38 bits per heavy atom. The van der Waals surface area contributed by atoms with E-state index in [0.717, 1.165) is 10.9 Å². The van der Waals surface area contributed by atoms with Crippen LogP contribution in [0.5, 0.6) is 5.75 Å². The first kappa shape index (κ1) is 11.4. The van der Waals surface area contributed by atoms with Crippen LogP contribution in [0.2, 0.25) is 0 Å². The Morgan fingerprint density at radius 2 is 2.19 bits per heavy atom. The number of nitrogens with zero attached hydrogens (tertiary/aromatic N) is 1. The summed E-state index contributed by atoms with van der Waals surface area (Å²) < 4.78 is 5.42. The number of rotatable bonds is 4. The molecular formula is C12H12BrNO2. The summed E-state index contributed by atoms with van der Waals surface area (Å²) in [7, 11) is 0. The highest BCUT2D eigenvalue weighted by molar-refractivity contribution is 9.09. The molecule has 1 heterocycles. The molecule has 0 saturated heterocycles. The molecule has 0 amide bonds. The molecule has 1 aromatic carbocycles. The molecule has 84 valence electrons. The molecule has 3 nitrogen and oxygen atoms in total. The molecule has 0 aliphatic rings. The molecule has 0 aliphatic carbocycles. The van der Waals surface area contributed by atoms with Gasteiger partial charge in [0, 0.05) is 10.7 Å². The van der Waals surface area contributed by atoms with Crippen molar-refractivity contribution in [3.05, 3.63) is 36.5 Å². The van der Waals surface area contributed by atoms with Crippen LogP contribution in [0.25, 0.3) is 10.9 Å². The molecule has 4 heteroatoms. The summed E-state index contributed by atoms with van der Waals surface area (Å²) in [6.45, 7) is 0.269. The molecule has 16 heavy (non-hydrogen) atoms. The zero-order valence-corrected chi connectivity index (χ0v) is 10.2. The summed E-state index contributed by atoms with van der Waals surface area (Å²) in [6.07, 6.45) is 1.18. The van der Waals surface area contributed by atoms with E-state index in [2.05, 4.69) is 20.9 Å². The number of para-hydroxylation sites is 1. The van der Waals surface area contributed by atoms with E-state index in [1.165, 1.54) is 0 Å². The van der Waals surface area contributed by atoms with Gasteiger partial charge in [-0.2, -0.15) is 0 Å². The average molecular weight is 282 g/mol. The van der Waals surface area contributed by atoms with Gasteiger partial charge in [0.2, 0.25) is 0 Å². The minimum absolute atomic E-state index is 0.269. The van der Waals surface area contributed by atoms with Gasteiger partial charge in [-0.05, 0) is 12.1 Å². The molecule has 0 aliphatic heterocycles. The van der Waals surface area contributed by atoms with Gasteiger partial charge in [0.1, 0.15) is 12.4 Å². The molecule has 2 rings (SSSR count). The number of aliphatic hydroxyl groups is 1. The summed E-state index contributed by atoms with van der Waals surface area (Å²) in [5.74, 6) is 0.679. The smallest absolute Gasteiger partial charge is 0.138 e. The van der Waals surface area contributed by atoms with Gasteiger partial charge in [-0.1, -0.05) is 34.1 Å². The van der Waals surface area contributed by atoms with Crippen molar-refractivity contribution in [1.82, 2.24) is 4.98 Å². The molecule has 2 aromatic rings. The fourth-order valence-corrected chi connectivity index (χ4v) is 1.55. The number of alkyl halides is 1. The first-order valence-electron chi connectivity index (χ1n) is 5.01.